The minimum Gasteiger partial charge on any atom is -0.495 e. The summed E-state index contributed by atoms with van der Waals surface area (Å²) in [6.07, 6.45) is 1.06. The molecule has 92 valence electrons. The molecular weight excluding hydrogens is 244 g/mol. The van der Waals surface area contributed by atoms with Gasteiger partial charge in [-0.3, -0.25) is 4.79 Å². The fraction of sp³-hybridized carbons (Fsp3) is 0.100. The molecule has 0 aliphatic rings. The summed E-state index contributed by atoms with van der Waals surface area (Å²) >= 11 is 0. The Balaban J connectivity index is 3.24. The molecule has 7 heteroatoms. The van der Waals surface area contributed by atoms with Crippen LogP contribution in [0.3, 0.4) is 0 Å². The Morgan fingerprint density at radius 2 is 2.18 bits per heavy atom. The molecule has 17 heavy (non-hydrogen) atoms. The molecule has 0 saturated heterocycles. The normalized spacial score (nSPS) is 10.7. The van der Waals surface area contributed by atoms with Gasteiger partial charge in [0, 0.05) is 0 Å². The van der Waals surface area contributed by atoms with E-state index >= 15 is 0 Å². The molecule has 6 nitrogen and oxygen atoms in total. The summed E-state index contributed by atoms with van der Waals surface area (Å²) in [5.74, 6) is -0.150. The molecule has 3 N–H and O–H groups in total. The van der Waals surface area contributed by atoms with Crippen molar-refractivity contribution in [1.29, 1.82) is 0 Å². The Morgan fingerprint density at radius 1 is 1.53 bits per heavy atom. The van der Waals surface area contributed by atoms with E-state index in [-0.39, 0.29) is 10.6 Å². The van der Waals surface area contributed by atoms with E-state index in [2.05, 4.69) is 11.9 Å². The number of amides is 1. The highest BCUT2D eigenvalue weighted by atomic mass is 32.2. The largest absolute Gasteiger partial charge is 0.495 e. The standard InChI is InChI=1S/C10H12N2O4S/c1-3-10(13)12-8-6-7(17(11,14)15)4-5-9(8)16-2/h3-6H,1H2,2H3,(H,12,13)(H2,11,14,15). The van der Waals surface area contributed by atoms with Crippen molar-refractivity contribution in [3.05, 3.63) is 30.9 Å². The van der Waals surface area contributed by atoms with Crippen molar-refractivity contribution < 1.29 is 17.9 Å². The lowest BCUT2D eigenvalue weighted by Gasteiger charge is -2.10. The molecule has 0 fully saturated rings. The fourth-order valence-corrected chi connectivity index (χ4v) is 1.69. The first-order valence-corrected chi connectivity index (χ1v) is 6.07. The highest BCUT2D eigenvalue weighted by Gasteiger charge is 2.12. The van der Waals surface area contributed by atoms with Gasteiger partial charge in [-0.05, 0) is 24.3 Å². The Morgan fingerprint density at radius 3 is 2.65 bits per heavy atom. The molecule has 0 atom stereocenters. The summed E-state index contributed by atoms with van der Waals surface area (Å²) in [4.78, 5) is 11.0. The summed E-state index contributed by atoms with van der Waals surface area (Å²) in [5.41, 5.74) is 0.212. The van der Waals surface area contributed by atoms with Crippen molar-refractivity contribution in [3.8, 4) is 5.75 Å². The SMILES string of the molecule is C=CC(=O)Nc1cc(S(N)(=O)=O)ccc1OC. The third-order valence-electron chi connectivity index (χ3n) is 1.94. The maximum atomic E-state index is 11.1. The number of methoxy groups -OCH3 is 1. The van der Waals surface area contributed by atoms with Crippen LogP contribution in [0.5, 0.6) is 5.75 Å². The average molecular weight is 256 g/mol. The number of sulfonamides is 1. The first-order chi connectivity index (χ1) is 7.88. The Labute approximate surface area is 99.1 Å². The first kappa shape index (κ1) is 13.2. The lowest BCUT2D eigenvalue weighted by atomic mass is 10.3. The number of nitrogens with one attached hydrogen (secondary N) is 1. The zero-order chi connectivity index (χ0) is 13.1. The van der Waals surface area contributed by atoms with Gasteiger partial charge in [0.05, 0.1) is 17.7 Å². The van der Waals surface area contributed by atoms with Crippen LogP contribution in [0.15, 0.2) is 35.7 Å². The van der Waals surface area contributed by atoms with Crippen LogP contribution in [0.4, 0.5) is 5.69 Å². The third kappa shape index (κ3) is 3.30. The van der Waals surface area contributed by atoms with Crippen molar-refractivity contribution in [2.45, 2.75) is 4.90 Å². The molecule has 0 aliphatic heterocycles. The highest BCUT2D eigenvalue weighted by molar-refractivity contribution is 7.89. The lowest BCUT2D eigenvalue weighted by molar-refractivity contribution is -0.111. The van der Waals surface area contributed by atoms with Crippen LogP contribution >= 0.6 is 0 Å². The van der Waals surface area contributed by atoms with Crippen molar-refractivity contribution in [1.82, 2.24) is 0 Å². The van der Waals surface area contributed by atoms with E-state index in [1.165, 1.54) is 25.3 Å². The zero-order valence-corrected chi connectivity index (χ0v) is 9.95. The van der Waals surface area contributed by atoms with Crippen molar-refractivity contribution in [3.63, 3.8) is 0 Å². The number of carbonyl (C=O) groups is 1. The van der Waals surface area contributed by atoms with Gasteiger partial charge >= 0.3 is 0 Å². The van der Waals surface area contributed by atoms with Gasteiger partial charge in [0.25, 0.3) is 0 Å². The van der Waals surface area contributed by atoms with Crippen LogP contribution in [0, 0.1) is 0 Å². The fourth-order valence-electron chi connectivity index (χ4n) is 1.15. The molecule has 1 amide bonds. The van der Waals surface area contributed by atoms with Crippen molar-refractivity contribution in [2.24, 2.45) is 5.14 Å². The first-order valence-electron chi connectivity index (χ1n) is 4.52. The van der Waals surface area contributed by atoms with E-state index in [1.807, 2.05) is 0 Å². The molecule has 1 aromatic carbocycles. The molecule has 1 aromatic rings. The number of benzene rings is 1. The quantitative estimate of drug-likeness (QED) is 0.765. The van der Waals surface area contributed by atoms with Crippen LogP contribution in [-0.2, 0) is 14.8 Å². The smallest absolute Gasteiger partial charge is 0.247 e. The summed E-state index contributed by atoms with van der Waals surface area (Å²) in [6.45, 7) is 3.29. The lowest BCUT2D eigenvalue weighted by Crippen LogP contribution is -2.14. The van der Waals surface area contributed by atoms with Crippen LogP contribution in [0.2, 0.25) is 0 Å². The van der Waals surface area contributed by atoms with Crippen molar-refractivity contribution >= 4 is 21.6 Å². The number of nitrogens with two attached hydrogens (primary N) is 1. The zero-order valence-electron chi connectivity index (χ0n) is 9.14. The molecule has 0 spiro atoms. The number of anilines is 1. The van der Waals surface area contributed by atoms with E-state index in [1.54, 1.807) is 0 Å². The molecule has 0 saturated carbocycles. The van der Waals surface area contributed by atoms with E-state index in [0.717, 1.165) is 6.08 Å². The van der Waals surface area contributed by atoms with Gasteiger partial charge in [-0.2, -0.15) is 0 Å². The van der Waals surface area contributed by atoms with Gasteiger partial charge in [-0.15, -0.1) is 0 Å². The predicted octanol–water partition coefficient (Wildman–Crippen LogP) is 0.467. The number of rotatable bonds is 4. The Hall–Kier alpha value is -1.86. The van der Waals surface area contributed by atoms with E-state index in [0.29, 0.717) is 5.75 Å². The molecule has 0 radical (unpaired) electrons. The molecule has 0 aliphatic carbocycles. The average Bonchev–Trinajstić information content (AvgIpc) is 2.27. The third-order valence-corrected chi connectivity index (χ3v) is 2.85. The number of ether oxygens (including phenoxy) is 1. The highest BCUT2D eigenvalue weighted by Crippen LogP contribution is 2.26. The number of hydrogen-bond donors (Lipinski definition) is 2. The second-order valence-electron chi connectivity index (χ2n) is 3.10. The summed E-state index contributed by atoms with van der Waals surface area (Å²) in [6, 6.07) is 3.91. The molecule has 0 heterocycles. The maximum Gasteiger partial charge on any atom is 0.247 e. The maximum absolute atomic E-state index is 11.1. The Kier molecular flexibility index (Phi) is 3.87. The molecular formula is C10H12N2O4S. The second kappa shape index (κ2) is 4.98. The van der Waals surface area contributed by atoms with Gasteiger partial charge in [0.15, 0.2) is 0 Å². The van der Waals surface area contributed by atoms with E-state index < -0.39 is 15.9 Å². The summed E-state index contributed by atoms with van der Waals surface area (Å²) in [7, 11) is -2.43. The van der Waals surface area contributed by atoms with Gasteiger partial charge in [0.1, 0.15) is 5.75 Å². The topological polar surface area (TPSA) is 98.5 Å². The summed E-state index contributed by atoms with van der Waals surface area (Å²) < 4.78 is 27.3. The van der Waals surface area contributed by atoms with E-state index in [4.69, 9.17) is 9.88 Å². The second-order valence-corrected chi connectivity index (χ2v) is 4.66. The van der Waals surface area contributed by atoms with Crippen LogP contribution in [0.25, 0.3) is 0 Å². The van der Waals surface area contributed by atoms with Gasteiger partial charge in [-0.1, -0.05) is 6.58 Å². The molecule has 0 unspecified atom stereocenters. The number of primary sulfonamides is 1. The van der Waals surface area contributed by atoms with E-state index in [9.17, 15) is 13.2 Å². The Bertz CT molecular complexity index is 551. The monoisotopic (exact) mass is 256 g/mol. The van der Waals surface area contributed by atoms with Crippen LogP contribution < -0.4 is 15.2 Å². The minimum atomic E-state index is -3.83. The molecule has 0 bridgehead atoms. The molecule has 0 aromatic heterocycles. The van der Waals surface area contributed by atoms with Gasteiger partial charge in [0.2, 0.25) is 15.9 Å². The van der Waals surface area contributed by atoms with Gasteiger partial charge < -0.3 is 10.1 Å². The summed E-state index contributed by atoms with van der Waals surface area (Å²) in [5, 5.41) is 7.40. The van der Waals surface area contributed by atoms with Crippen molar-refractivity contribution in [2.75, 3.05) is 12.4 Å². The number of hydrogen-bond acceptors (Lipinski definition) is 4. The predicted molar refractivity (Wildman–Crippen MR) is 63.2 cm³/mol. The minimum absolute atomic E-state index is 0.113. The van der Waals surface area contributed by atoms with Crippen LogP contribution in [0.1, 0.15) is 0 Å². The van der Waals surface area contributed by atoms with Gasteiger partial charge in [-0.25, -0.2) is 13.6 Å². The number of carbonyl (C=O) groups excluding carboxylic acids is 1. The van der Waals surface area contributed by atoms with Crippen LogP contribution in [-0.4, -0.2) is 21.4 Å². The molecule has 1 rings (SSSR count).